The summed E-state index contributed by atoms with van der Waals surface area (Å²) in [7, 11) is 0. The minimum absolute atomic E-state index is 0.0500. The average molecular weight is 267 g/mol. The van der Waals surface area contributed by atoms with Crippen molar-refractivity contribution in [3.05, 3.63) is 35.1 Å². The van der Waals surface area contributed by atoms with Crippen molar-refractivity contribution in [1.82, 2.24) is 5.32 Å². The second kappa shape index (κ2) is 6.15. The first-order valence-electron chi connectivity index (χ1n) is 6.42. The maximum absolute atomic E-state index is 13.1. The molecule has 1 aromatic rings. The highest BCUT2D eigenvalue weighted by Crippen LogP contribution is 2.25. The fraction of sp³-hybridized carbons (Fsp3) is 0.533. The van der Waals surface area contributed by atoms with Crippen LogP contribution in [0.3, 0.4) is 0 Å². The van der Waals surface area contributed by atoms with Crippen molar-refractivity contribution in [3.63, 3.8) is 0 Å². The number of nitrogens with one attached hydrogen (secondary N) is 1. The normalized spacial score (nSPS) is 13.3. The molecule has 0 fully saturated rings. The summed E-state index contributed by atoms with van der Waals surface area (Å²) >= 11 is 0. The van der Waals surface area contributed by atoms with Crippen molar-refractivity contribution >= 4 is 5.97 Å². The molecule has 1 unspecified atom stereocenters. The number of aliphatic carboxylic acids is 1. The van der Waals surface area contributed by atoms with Crippen LogP contribution >= 0.6 is 0 Å². The standard InChI is InChI=1S/C15H22FNO2/c1-10-7-12(5-6-13(10)16)9-17-11(2)15(3,4)8-14(18)19/h5-7,11,17H,8-9H2,1-4H3,(H,18,19). The first-order valence-corrected chi connectivity index (χ1v) is 6.42. The van der Waals surface area contributed by atoms with Crippen molar-refractivity contribution in [3.8, 4) is 0 Å². The van der Waals surface area contributed by atoms with Crippen LogP contribution in [0.15, 0.2) is 18.2 Å². The summed E-state index contributed by atoms with van der Waals surface area (Å²) in [4.78, 5) is 10.8. The molecule has 0 aliphatic rings. The molecule has 0 saturated heterocycles. The Morgan fingerprint density at radius 3 is 2.63 bits per heavy atom. The van der Waals surface area contributed by atoms with Crippen LogP contribution in [-0.4, -0.2) is 17.1 Å². The lowest BCUT2D eigenvalue weighted by Gasteiger charge is -2.31. The number of hydrogen-bond donors (Lipinski definition) is 2. The molecule has 106 valence electrons. The van der Waals surface area contributed by atoms with E-state index in [0.29, 0.717) is 12.1 Å². The van der Waals surface area contributed by atoms with Crippen molar-refractivity contribution in [2.24, 2.45) is 5.41 Å². The monoisotopic (exact) mass is 267 g/mol. The van der Waals surface area contributed by atoms with E-state index in [1.165, 1.54) is 6.07 Å². The quantitative estimate of drug-likeness (QED) is 0.832. The Labute approximate surface area is 113 Å². The Balaban J connectivity index is 2.60. The number of carboxylic acids is 1. The number of halogens is 1. The van der Waals surface area contributed by atoms with E-state index in [1.54, 1.807) is 19.1 Å². The molecule has 0 spiro atoms. The first-order chi connectivity index (χ1) is 8.72. The predicted octanol–water partition coefficient (Wildman–Crippen LogP) is 3.11. The molecule has 0 heterocycles. The fourth-order valence-electron chi connectivity index (χ4n) is 1.91. The Morgan fingerprint density at radius 1 is 1.47 bits per heavy atom. The highest BCUT2D eigenvalue weighted by Gasteiger charge is 2.28. The third-order valence-electron chi connectivity index (χ3n) is 3.61. The van der Waals surface area contributed by atoms with E-state index in [-0.39, 0.29) is 23.7 Å². The summed E-state index contributed by atoms with van der Waals surface area (Å²) in [5.74, 6) is -1.00. The van der Waals surface area contributed by atoms with Gasteiger partial charge in [-0.3, -0.25) is 4.79 Å². The fourth-order valence-corrected chi connectivity index (χ4v) is 1.91. The number of benzene rings is 1. The second-order valence-corrected chi connectivity index (χ2v) is 5.75. The zero-order chi connectivity index (χ0) is 14.6. The SMILES string of the molecule is Cc1cc(CNC(C)C(C)(C)CC(=O)O)ccc1F. The van der Waals surface area contributed by atoms with E-state index in [0.717, 1.165) is 5.56 Å². The molecule has 4 heteroatoms. The maximum Gasteiger partial charge on any atom is 0.303 e. The summed E-state index contributed by atoms with van der Waals surface area (Å²) < 4.78 is 13.1. The Bertz CT molecular complexity index is 457. The summed E-state index contributed by atoms with van der Waals surface area (Å²) in [5.41, 5.74) is 1.29. The van der Waals surface area contributed by atoms with Gasteiger partial charge in [0.2, 0.25) is 0 Å². The van der Waals surface area contributed by atoms with Crippen LogP contribution in [0.5, 0.6) is 0 Å². The van der Waals surface area contributed by atoms with Crippen LogP contribution in [0.25, 0.3) is 0 Å². The molecule has 3 nitrogen and oxygen atoms in total. The lowest BCUT2D eigenvalue weighted by atomic mass is 9.82. The van der Waals surface area contributed by atoms with Gasteiger partial charge < -0.3 is 10.4 Å². The Hall–Kier alpha value is -1.42. The van der Waals surface area contributed by atoms with Crippen molar-refractivity contribution < 1.29 is 14.3 Å². The third kappa shape index (κ3) is 4.63. The summed E-state index contributed by atoms with van der Waals surface area (Å²) in [6.45, 7) is 8.16. The van der Waals surface area contributed by atoms with Crippen LogP contribution in [0.4, 0.5) is 4.39 Å². The largest absolute Gasteiger partial charge is 0.481 e. The van der Waals surface area contributed by atoms with Gasteiger partial charge in [0.05, 0.1) is 6.42 Å². The molecule has 1 aromatic carbocycles. The summed E-state index contributed by atoms with van der Waals surface area (Å²) in [5, 5.41) is 12.2. The zero-order valence-electron chi connectivity index (χ0n) is 12.0. The first kappa shape index (κ1) is 15.6. The van der Waals surface area contributed by atoms with Gasteiger partial charge in [0.15, 0.2) is 0 Å². The molecule has 0 saturated carbocycles. The molecule has 1 atom stereocenters. The van der Waals surface area contributed by atoms with Crippen LogP contribution in [-0.2, 0) is 11.3 Å². The van der Waals surface area contributed by atoms with Crippen molar-refractivity contribution in [2.45, 2.75) is 46.7 Å². The predicted molar refractivity (Wildman–Crippen MR) is 73.5 cm³/mol. The Morgan fingerprint density at radius 2 is 2.11 bits per heavy atom. The molecule has 0 radical (unpaired) electrons. The van der Waals surface area contributed by atoms with E-state index in [2.05, 4.69) is 5.32 Å². The van der Waals surface area contributed by atoms with Crippen LogP contribution in [0.1, 0.15) is 38.3 Å². The second-order valence-electron chi connectivity index (χ2n) is 5.75. The highest BCUT2D eigenvalue weighted by atomic mass is 19.1. The summed E-state index contributed by atoms with van der Waals surface area (Å²) in [6.07, 6.45) is 0.115. The molecule has 0 bridgehead atoms. The molecular weight excluding hydrogens is 245 g/mol. The van der Waals surface area contributed by atoms with Gasteiger partial charge in [-0.1, -0.05) is 26.0 Å². The number of carbonyl (C=O) groups is 1. The van der Waals surface area contributed by atoms with E-state index < -0.39 is 5.97 Å². The van der Waals surface area contributed by atoms with Gasteiger partial charge in [0.1, 0.15) is 5.82 Å². The van der Waals surface area contributed by atoms with E-state index in [4.69, 9.17) is 5.11 Å². The van der Waals surface area contributed by atoms with Gasteiger partial charge in [0, 0.05) is 12.6 Å². The Kier molecular flexibility index (Phi) is 5.06. The van der Waals surface area contributed by atoms with E-state index in [9.17, 15) is 9.18 Å². The van der Waals surface area contributed by atoms with Gasteiger partial charge >= 0.3 is 5.97 Å². The minimum atomic E-state index is -0.795. The molecular formula is C15H22FNO2. The van der Waals surface area contributed by atoms with Crippen LogP contribution < -0.4 is 5.32 Å². The number of carboxylic acid groups (broad SMARTS) is 1. The van der Waals surface area contributed by atoms with Crippen molar-refractivity contribution in [2.75, 3.05) is 0 Å². The molecule has 1 rings (SSSR count). The average Bonchev–Trinajstić information content (AvgIpc) is 2.28. The van der Waals surface area contributed by atoms with Gasteiger partial charge in [-0.2, -0.15) is 0 Å². The zero-order valence-corrected chi connectivity index (χ0v) is 12.0. The number of hydrogen-bond acceptors (Lipinski definition) is 2. The van der Waals surface area contributed by atoms with Crippen molar-refractivity contribution in [1.29, 1.82) is 0 Å². The molecule has 0 aliphatic carbocycles. The maximum atomic E-state index is 13.1. The number of rotatable bonds is 6. The molecule has 0 aromatic heterocycles. The van der Waals surface area contributed by atoms with E-state index >= 15 is 0 Å². The molecule has 0 aliphatic heterocycles. The molecule has 0 amide bonds. The lowest BCUT2D eigenvalue weighted by molar-refractivity contribution is -0.139. The lowest BCUT2D eigenvalue weighted by Crippen LogP contribution is -2.40. The van der Waals surface area contributed by atoms with Gasteiger partial charge in [-0.15, -0.1) is 0 Å². The minimum Gasteiger partial charge on any atom is -0.481 e. The van der Waals surface area contributed by atoms with Gasteiger partial charge in [0.25, 0.3) is 0 Å². The van der Waals surface area contributed by atoms with Crippen LogP contribution in [0, 0.1) is 18.2 Å². The van der Waals surface area contributed by atoms with Gasteiger partial charge in [-0.05, 0) is 36.5 Å². The summed E-state index contributed by atoms with van der Waals surface area (Å²) in [6, 6.07) is 5.05. The molecule has 19 heavy (non-hydrogen) atoms. The van der Waals surface area contributed by atoms with E-state index in [1.807, 2.05) is 20.8 Å². The topological polar surface area (TPSA) is 49.3 Å². The van der Waals surface area contributed by atoms with Gasteiger partial charge in [-0.25, -0.2) is 4.39 Å². The van der Waals surface area contributed by atoms with Crippen LogP contribution in [0.2, 0.25) is 0 Å². The smallest absolute Gasteiger partial charge is 0.303 e. The molecule has 2 N–H and O–H groups in total. The third-order valence-corrected chi connectivity index (χ3v) is 3.61. The highest BCUT2D eigenvalue weighted by molar-refractivity contribution is 5.67. The number of aryl methyl sites for hydroxylation is 1.